The van der Waals surface area contributed by atoms with E-state index in [1.54, 1.807) is 6.33 Å². The summed E-state index contributed by atoms with van der Waals surface area (Å²) >= 11 is 0. The van der Waals surface area contributed by atoms with Crippen LogP contribution in [0.2, 0.25) is 0 Å². The Morgan fingerprint density at radius 1 is 1.30 bits per heavy atom. The van der Waals surface area contributed by atoms with E-state index in [1.165, 1.54) is 0 Å². The second-order valence-corrected chi connectivity index (χ2v) is 5.26. The summed E-state index contributed by atoms with van der Waals surface area (Å²) in [4.78, 5) is 9.04. The third-order valence-electron chi connectivity index (χ3n) is 3.88. The molecule has 1 unspecified atom stereocenters. The van der Waals surface area contributed by atoms with Crippen molar-refractivity contribution in [2.45, 2.75) is 45.8 Å². The Labute approximate surface area is 121 Å². The van der Waals surface area contributed by atoms with Gasteiger partial charge in [-0.1, -0.05) is 13.8 Å². The normalized spacial score (nSPS) is 18.9. The maximum absolute atomic E-state index is 9.12. The second-order valence-electron chi connectivity index (χ2n) is 5.26. The zero-order valence-corrected chi connectivity index (χ0v) is 12.5. The lowest BCUT2D eigenvalue weighted by atomic mass is 10.2. The van der Waals surface area contributed by atoms with E-state index < -0.39 is 0 Å². The van der Waals surface area contributed by atoms with Crippen molar-refractivity contribution in [2.24, 2.45) is 0 Å². The molecule has 6 nitrogen and oxygen atoms in total. The van der Waals surface area contributed by atoms with Crippen molar-refractivity contribution < 1.29 is 0 Å². The van der Waals surface area contributed by atoms with Gasteiger partial charge in [0.1, 0.15) is 12.2 Å². The topological polar surface area (TPSA) is 61.0 Å². The predicted octanol–water partition coefficient (Wildman–Crippen LogP) is 1.11. The molecule has 1 aliphatic heterocycles. The van der Waals surface area contributed by atoms with Crippen LogP contribution in [0.4, 0.5) is 0 Å². The standard InChI is InChI=1S/C14H24N6/c1-3-5-20-14(16-12-17-20)11-18-6-8-19(9-7-18)13(4-2)10-15/h12-13H,3-9,11H2,1-2H3. The number of aryl methyl sites for hydroxylation is 1. The Kier molecular flexibility index (Phi) is 5.50. The van der Waals surface area contributed by atoms with Crippen molar-refractivity contribution in [1.82, 2.24) is 24.6 Å². The summed E-state index contributed by atoms with van der Waals surface area (Å²) in [5.41, 5.74) is 0. The van der Waals surface area contributed by atoms with Gasteiger partial charge < -0.3 is 0 Å². The van der Waals surface area contributed by atoms with E-state index in [0.717, 1.165) is 57.9 Å². The highest BCUT2D eigenvalue weighted by Crippen LogP contribution is 2.11. The molecule has 1 saturated heterocycles. The number of piperazine rings is 1. The van der Waals surface area contributed by atoms with Crippen molar-refractivity contribution in [2.75, 3.05) is 26.2 Å². The minimum atomic E-state index is 0.0703. The molecule has 1 fully saturated rings. The van der Waals surface area contributed by atoms with E-state index in [2.05, 4.69) is 39.8 Å². The minimum absolute atomic E-state index is 0.0703. The summed E-state index contributed by atoms with van der Waals surface area (Å²) in [6.45, 7) is 9.94. The van der Waals surface area contributed by atoms with Gasteiger partial charge in [0.15, 0.2) is 0 Å². The number of nitrogens with zero attached hydrogens (tertiary/aromatic N) is 6. The molecule has 1 atom stereocenters. The van der Waals surface area contributed by atoms with Crippen LogP contribution in [0.5, 0.6) is 0 Å². The maximum atomic E-state index is 9.12. The molecule has 0 N–H and O–H groups in total. The molecule has 0 bridgehead atoms. The van der Waals surface area contributed by atoms with Crippen LogP contribution in [0.3, 0.4) is 0 Å². The maximum Gasteiger partial charge on any atom is 0.141 e. The summed E-state index contributed by atoms with van der Waals surface area (Å²) < 4.78 is 2.00. The molecule has 110 valence electrons. The average molecular weight is 276 g/mol. The van der Waals surface area contributed by atoms with Gasteiger partial charge in [-0.05, 0) is 12.8 Å². The Hall–Kier alpha value is -1.45. The molecule has 0 aromatic carbocycles. The molecule has 2 heterocycles. The van der Waals surface area contributed by atoms with Gasteiger partial charge in [0.2, 0.25) is 0 Å². The molecule has 0 aliphatic carbocycles. The highest BCUT2D eigenvalue weighted by atomic mass is 15.4. The van der Waals surface area contributed by atoms with Gasteiger partial charge >= 0.3 is 0 Å². The third kappa shape index (κ3) is 3.56. The monoisotopic (exact) mass is 276 g/mol. The van der Waals surface area contributed by atoms with Crippen LogP contribution in [-0.2, 0) is 13.1 Å². The van der Waals surface area contributed by atoms with Gasteiger partial charge in [0.25, 0.3) is 0 Å². The van der Waals surface area contributed by atoms with Crippen LogP contribution in [0, 0.1) is 11.3 Å². The van der Waals surface area contributed by atoms with Crippen molar-refractivity contribution in [1.29, 1.82) is 5.26 Å². The van der Waals surface area contributed by atoms with Crippen LogP contribution in [0.1, 0.15) is 32.5 Å². The quantitative estimate of drug-likeness (QED) is 0.779. The molecule has 0 amide bonds. The largest absolute Gasteiger partial charge is 0.293 e. The zero-order valence-electron chi connectivity index (χ0n) is 12.5. The average Bonchev–Trinajstić information content (AvgIpc) is 2.90. The van der Waals surface area contributed by atoms with Crippen LogP contribution in [0.15, 0.2) is 6.33 Å². The summed E-state index contributed by atoms with van der Waals surface area (Å²) in [6.07, 6.45) is 3.62. The Morgan fingerprint density at radius 3 is 2.65 bits per heavy atom. The van der Waals surface area contributed by atoms with E-state index >= 15 is 0 Å². The van der Waals surface area contributed by atoms with Crippen molar-refractivity contribution in [3.8, 4) is 6.07 Å². The lowest BCUT2D eigenvalue weighted by molar-refractivity contribution is 0.105. The number of hydrogen-bond acceptors (Lipinski definition) is 5. The summed E-state index contributed by atoms with van der Waals surface area (Å²) in [5, 5.41) is 13.4. The van der Waals surface area contributed by atoms with E-state index in [0.29, 0.717) is 0 Å². The summed E-state index contributed by atoms with van der Waals surface area (Å²) in [7, 11) is 0. The fourth-order valence-electron chi connectivity index (χ4n) is 2.67. The van der Waals surface area contributed by atoms with Gasteiger partial charge in [0.05, 0.1) is 18.7 Å². The number of rotatable bonds is 6. The molecule has 0 saturated carbocycles. The molecular formula is C14H24N6. The molecule has 1 aliphatic rings. The number of nitriles is 1. The number of hydrogen-bond donors (Lipinski definition) is 0. The fourth-order valence-corrected chi connectivity index (χ4v) is 2.67. The van der Waals surface area contributed by atoms with Gasteiger partial charge in [0, 0.05) is 32.7 Å². The highest BCUT2D eigenvalue weighted by Gasteiger charge is 2.23. The van der Waals surface area contributed by atoms with Crippen LogP contribution < -0.4 is 0 Å². The molecule has 1 aromatic rings. The fraction of sp³-hybridized carbons (Fsp3) is 0.786. The number of aromatic nitrogens is 3. The third-order valence-corrected chi connectivity index (χ3v) is 3.88. The van der Waals surface area contributed by atoms with Crippen LogP contribution in [0.25, 0.3) is 0 Å². The Morgan fingerprint density at radius 2 is 2.05 bits per heavy atom. The lowest BCUT2D eigenvalue weighted by Crippen LogP contribution is -2.49. The SMILES string of the molecule is CCCn1ncnc1CN1CCN(C(C#N)CC)CC1. The van der Waals surface area contributed by atoms with Crippen molar-refractivity contribution in [3.63, 3.8) is 0 Å². The van der Waals surface area contributed by atoms with Gasteiger partial charge in [-0.15, -0.1) is 0 Å². The van der Waals surface area contributed by atoms with E-state index in [4.69, 9.17) is 5.26 Å². The predicted molar refractivity (Wildman–Crippen MR) is 76.9 cm³/mol. The smallest absolute Gasteiger partial charge is 0.141 e. The van der Waals surface area contributed by atoms with Crippen LogP contribution in [-0.4, -0.2) is 56.8 Å². The van der Waals surface area contributed by atoms with E-state index in [1.807, 2.05) is 4.68 Å². The minimum Gasteiger partial charge on any atom is -0.293 e. The molecule has 20 heavy (non-hydrogen) atoms. The lowest BCUT2D eigenvalue weighted by Gasteiger charge is -2.36. The molecule has 0 spiro atoms. The van der Waals surface area contributed by atoms with Crippen LogP contribution >= 0.6 is 0 Å². The van der Waals surface area contributed by atoms with E-state index in [-0.39, 0.29) is 6.04 Å². The van der Waals surface area contributed by atoms with Crippen molar-refractivity contribution in [3.05, 3.63) is 12.2 Å². The molecule has 2 rings (SSSR count). The summed E-state index contributed by atoms with van der Waals surface area (Å²) in [6, 6.07) is 2.46. The zero-order chi connectivity index (χ0) is 14.4. The second kappa shape index (κ2) is 7.36. The molecule has 1 aromatic heterocycles. The molecule has 0 radical (unpaired) electrons. The first-order valence-corrected chi connectivity index (χ1v) is 7.51. The van der Waals surface area contributed by atoms with E-state index in [9.17, 15) is 0 Å². The van der Waals surface area contributed by atoms with Crippen molar-refractivity contribution >= 4 is 0 Å². The van der Waals surface area contributed by atoms with Gasteiger partial charge in [-0.2, -0.15) is 10.4 Å². The molecular weight excluding hydrogens is 252 g/mol. The first-order valence-electron chi connectivity index (χ1n) is 7.51. The van der Waals surface area contributed by atoms with Gasteiger partial charge in [-0.25, -0.2) is 9.67 Å². The first-order chi connectivity index (χ1) is 9.78. The van der Waals surface area contributed by atoms with Gasteiger partial charge in [-0.3, -0.25) is 9.80 Å². The highest BCUT2D eigenvalue weighted by molar-refractivity contribution is 4.93. The Bertz CT molecular complexity index is 441. The molecule has 6 heteroatoms. The summed E-state index contributed by atoms with van der Waals surface area (Å²) in [5.74, 6) is 1.05. The Balaban J connectivity index is 1.85. The first kappa shape index (κ1) is 14.9.